The molecule has 0 spiro atoms. The number of H-pyrrole nitrogens is 3. The largest absolute Gasteiger partial charge is 0.355 e. The fourth-order valence-electron chi connectivity index (χ4n) is 6.11. The average molecular weight is 610 g/mol. The molecule has 2 saturated heterocycles. The molecule has 1 atom stereocenters. The zero-order valence-corrected chi connectivity index (χ0v) is 25.0. The molecular formula is C30H33N12O3+. The number of aromatic amines is 3. The van der Waals surface area contributed by atoms with E-state index in [-0.39, 0.29) is 17.5 Å². The third kappa shape index (κ3) is 5.20. The van der Waals surface area contributed by atoms with Crippen LogP contribution in [0.5, 0.6) is 0 Å². The minimum absolute atomic E-state index is 0.133. The van der Waals surface area contributed by atoms with Gasteiger partial charge in [0.2, 0.25) is 5.95 Å². The molecule has 1 unspecified atom stereocenters. The summed E-state index contributed by atoms with van der Waals surface area (Å²) < 4.78 is 1.66. The van der Waals surface area contributed by atoms with E-state index in [4.69, 9.17) is 0 Å². The van der Waals surface area contributed by atoms with Gasteiger partial charge in [-0.3, -0.25) is 19.5 Å². The number of carbonyl (C=O) groups excluding carboxylic acids is 3. The van der Waals surface area contributed by atoms with Crippen molar-refractivity contribution in [2.45, 2.75) is 12.5 Å². The predicted octanol–water partition coefficient (Wildman–Crippen LogP) is 0.655. The first-order valence-electron chi connectivity index (χ1n) is 14.8. The predicted molar refractivity (Wildman–Crippen MR) is 163 cm³/mol. The summed E-state index contributed by atoms with van der Waals surface area (Å²) in [6.45, 7) is 3.44. The van der Waals surface area contributed by atoms with Gasteiger partial charge in [-0.2, -0.15) is 9.78 Å². The zero-order chi connectivity index (χ0) is 31.1. The van der Waals surface area contributed by atoms with E-state index >= 15 is 0 Å². The van der Waals surface area contributed by atoms with E-state index in [9.17, 15) is 14.4 Å². The van der Waals surface area contributed by atoms with Crippen molar-refractivity contribution in [1.29, 1.82) is 0 Å². The topological polar surface area (TPSA) is 166 Å². The average Bonchev–Trinajstić information content (AvgIpc) is 3.90. The molecule has 230 valence electrons. The number of amides is 2. The molecule has 1 aromatic carbocycles. The number of anilines is 1. The second-order valence-corrected chi connectivity index (χ2v) is 11.5. The number of benzene rings is 1. The summed E-state index contributed by atoms with van der Waals surface area (Å²) in [5.41, 5.74) is 3.22. The quantitative estimate of drug-likeness (QED) is 0.199. The molecule has 2 aliphatic heterocycles. The zero-order valence-electron chi connectivity index (χ0n) is 25.0. The number of fused-ring (bicyclic) bond motifs is 1. The Balaban J connectivity index is 1.05. The van der Waals surface area contributed by atoms with E-state index in [1.165, 1.54) is 0 Å². The van der Waals surface area contributed by atoms with Crippen molar-refractivity contribution in [2.24, 2.45) is 0 Å². The smallest absolute Gasteiger partial charge is 0.295 e. The maximum absolute atomic E-state index is 13.5. The van der Waals surface area contributed by atoms with Crippen molar-refractivity contribution < 1.29 is 19.4 Å². The highest BCUT2D eigenvalue weighted by molar-refractivity contribution is 6.45. The van der Waals surface area contributed by atoms with Crippen molar-refractivity contribution in [3.63, 3.8) is 0 Å². The highest BCUT2D eigenvalue weighted by Gasteiger charge is 2.32. The van der Waals surface area contributed by atoms with Gasteiger partial charge in [0.05, 0.1) is 11.3 Å². The molecule has 3 N–H and O–H groups in total. The van der Waals surface area contributed by atoms with Gasteiger partial charge in [-0.1, -0.05) is 23.3 Å². The van der Waals surface area contributed by atoms with Crippen LogP contribution in [0.15, 0.2) is 54.9 Å². The van der Waals surface area contributed by atoms with Gasteiger partial charge in [-0.15, -0.1) is 0 Å². The molecule has 0 aliphatic carbocycles. The number of likely N-dealkylation sites (N-methyl/N-ethyl adjacent to an activating group) is 2. The lowest BCUT2D eigenvalue weighted by Gasteiger charge is -2.34. The van der Waals surface area contributed by atoms with Gasteiger partial charge in [0.15, 0.2) is 11.9 Å². The van der Waals surface area contributed by atoms with Crippen LogP contribution in [0.4, 0.5) is 5.95 Å². The minimum atomic E-state index is -0.595. The molecule has 2 aliphatic rings. The summed E-state index contributed by atoms with van der Waals surface area (Å²) in [4.78, 5) is 53.9. The maximum Gasteiger partial charge on any atom is 0.295 e. The van der Waals surface area contributed by atoms with E-state index in [1.54, 1.807) is 39.0 Å². The Morgan fingerprint density at radius 1 is 1.04 bits per heavy atom. The fraction of sp³-hybridized carbons (Fsp3) is 0.333. The van der Waals surface area contributed by atoms with Crippen LogP contribution in [-0.2, 0) is 4.79 Å². The van der Waals surface area contributed by atoms with E-state index < -0.39 is 11.7 Å². The number of pyridine rings is 1. The van der Waals surface area contributed by atoms with E-state index in [0.29, 0.717) is 60.1 Å². The number of hydrogen-bond donors (Lipinski definition) is 2. The summed E-state index contributed by atoms with van der Waals surface area (Å²) >= 11 is 0. The van der Waals surface area contributed by atoms with Crippen LogP contribution >= 0.6 is 0 Å². The van der Waals surface area contributed by atoms with Crippen molar-refractivity contribution in [1.82, 2.24) is 50.1 Å². The molecule has 0 bridgehead atoms. The van der Waals surface area contributed by atoms with Gasteiger partial charge >= 0.3 is 0 Å². The fourth-order valence-corrected chi connectivity index (χ4v) is 6.11. The van der Waals surface area contributed by atoms with Crippen molar-refractivity contribution in [3.8, 4) is 17.1 Å². The molecule has 4 aromatic heterocycles. The maximum atomic E-state index is 13.5. The Morgan fingerprint density at radius 2 is 1.84 bits per heavy atom. The summed E-state index contributed by atoms with van der Waals surface area (Å²) in [6.07, 6.45) is 4.17. The Bertz CT molecular complexity index is 1870. The monoisotopic (exact) mass is 609 g/mol. The Morgan fingerprint density at radius 3 is 2.60 bits per heavy atom. The molecule has 6 heterocycles. The number of rotatable bonds is 7. The number of piperazine rings is 1. The van der Waals surface area contributed by atoms with Crippen LogP contribution < -0.4 is 9.88 Å². The minimum Gasteiger partial charge on any atom is -0.355 e. The number of carbonyl (C=O) groups is 3. The number of para-hydroxylation sites is 1. The summed E-state index contributed by atoms with van der Waals surface area (Å²) in [7, 11) is 3.86. The van der Waals surface area contributed by atoms with Crippen LogP contribution in [0.3, 0.4) is 0 Å². The van der Waals surface area contributed by atoms with Crippen LogP contribution in [0, 0.1) is 0 Å². The molecule has 15 nitrogen and oxygen atoms in total. The highest BCUT2D eigenvalue weighted by atomic mass is 16.2. The van der Waals surface area contributed by atoms with Gasteiger partial charge in [0.1, 0.15) is 11.2 Å². The third-order valence-electron chi connectivity index (χ3n) is 8.69. The normalized spacial score (nSPS) is 17.2. The lowest BCUT2D eigenvalue weighted by atomic mass is 10.1. The van der Waals surface area contributed by atoms with E-state index in [0.717, 1.165) is 25.2 Å². The number of ketones is 1. The first-order chi connectivity index (χ1) is 21.9. The summed E-state index contributed by atoms with van der Waals surface area (Å²) in [5, 5.41) is 20.0. The highest BCUT2D eigenvalue weighted by Crippen LogP contribution is 2.27. The third-order valence-corrected chi connectivity index (χ3v) is 8.69. The summed E-state index contributed by atoms with van der Waals surface area (Å²) in [6, 6.07) is 13.2. The summed E-state index contributed by atoms with van der Waals surface area (Å²) in [5.74, 6) is -0.713. The van der Waals surface area contributed by atoms with Crippen LogP contribution in [0.25, 0.3) is 28.0 Å². The molecule has 7 rings (SSSR count). The van der Waals surface area contributed by atoms with Crippen LogP contribution in [0.1, 0.15) is 27.3 Å². The Kier molecular flexibility index (Phi) is 7.29. The van der Waals surface area contributed by atoms with Gasteiger partial charge in [0, 0.05) is 69.5 Å². The number of nitrogens with zero attached hydrogens (tertiary/aromatic N) is 9. The number of likely N-dealkylation sites (tertiary alicyclic amines) is 1. The molecule has 0 radical (unpaired) electrons. The Labute approximate surface area is 257 Å². The molecule has 0 saturated carbocycles. The SMILES string of the molecule is CN1CCC(N(C)C(=O)c2cc(-c3[nH+]ccc4c(C(=O)C(=O)N5CCN(c6nnnn6-c6ccccc6)CC5)c[nH]c34)n[nH]2)C1. The van der Waals surface area contributed by atoms with Gasteiger partial charge < -0.3 is 24.6 Å². The van der Waals surface area contributed by atoms with Gasteiger partial charge in [-0.05, 0) is 42.6 Å². The molecule has 5 aromatic rings. The standard InChI is InChI=1S/C30H32N12O3/c1-38-11-9-20(18-38)39(2)28(44)24-16-23(33-34-24)26-25-21(8-10-31-26)22(17-32-25)27(43)29(45)40-12-14-41(15-13-40)30-35-36-37-42(30)19-6-4-3-5-7-19/h3-8,10,16-17,20,32H,9,11-15,18H2,1-2H3,(H,33,34)/p+1. The van der Waals surface area contributed by atoms with Crippen LogP contribution in [-0.4, -0.2) is 127 Å². The van der Waals surface area contributed by atoms with Crippen LogP contribution in [0.2, 0.25) is 0 Å². The molecule has 2 amide bonds. The molecule has 15 heteroatoms. The van der Waals surface area contributed by atoms with E-state index in [1.807, 2.05) is 49.3 Å². The number of Topliss-reactive ketones (excluding diaryl/α,β-unsaturated/α-hetero) is 1. The molecule has 45 heavy (non-hydrogen) atoms. The second-order valence-electron chi connectivity index (χ2n) is 11.5. The first kappa shape index (κ1) is 28.3. The number of tetrazole rings is 1. The van der Waals surface area contributed by atoms with E-state index in [2.05, 4.69) is 40.6 Å². The van der Waals surface area contributed by atoms with Crippen molar-refractivity contribution in [3.05, 3.63) is 66.1 Å². The number of hydrogen-bond acceptors (Lipinski definition) is 9. The number of aromatic nitrogens is 8. The van der Waals surface area contributed by atoms with Crippen molar-refractivity contribution >= 4 is 34.4 Å². The molecule has 2 fully saturated rings. The lowest BCUT2D eigenvalue weighted by Crippen LogP contribution is -2.51. The lowest BCUT2D eigenvalue weighted by molar-refractivity contribution is -0.363. The Hall–Kier alpha value is -5.44. The second kappa shape index (κ2) is 11.6. The number of nitrogens with one attached hydrogen (secondary N) is 3. The van der Waals surface area contributed by atoms with Crippen molar-refractivity contribution in [2.75, 3.05) is 58.3 Å². The van der Waals surface area contributed by atoms with Gasteiger partial charge in [0.25, 0.3) is 23.3 Å². The molecular weight excluding hydrogens is 576 g/mol. The first-order valence-corrected chi connectivity index (χ1v) is 14.8. The van der Waals surface area contributed by atoms with Gasteiger partial charge in [-0.25, -0.2) is 4.98 Å².